The SMILES string of the molecule is COC(=O)C1=C(Nc2ccc(COc3ccccc3)cc2)C(=O)N(CCO)C1. The molecule has 146 valence electrons. The summed E-state index contributed by atoms with van der Waals surface area (Å²) < 4.78 is 10.5. The fraction of sp³-hybridized carbons (Fsp3) is 0.238. The van der Waals surface area contributed by atoms with Gasteiger partial charge in [-0.2, -0.15) is 0 Å². The number of amides is 1. The second-order valence-corrected chi connectivity index (χ2v) is 6.22. The lowest BCUT2D eigenvalue weighted by molar-refractivity contribution is -0.136. The number of hydrogen-bond donors (Lipinski definition) is 2. The molecule has 0 unspecified atom stereocenters. The number of nitrogens with zero attached hydrogens (tertiary/aromatic N) is 1. The zero-order chi connectivity index (χ0) is 19.9. The normalized spacial score (nSPS) is 13.6. The molecule has 0 atom stereocenters. The maximum absolute atomic E-state index is 12.5. The Morgan fingerprint density at radius 1 is 1.14 bits per heavy atom. The molecule has 28 heavy (non-hydrogen) atoms. The summed E-state index contributed by atoms with van der Waals surface area (Å²) in [6.07, 6.45) is 0. The van der Waals surface area contributed by atoms with Gasteiger partial charge in [-0.3, -0.25) is 4.79 Å². The predicted molar refractivity (Wildman–Crippen MR) is 104 cm³/mol. The number of β-amino-alcohol motifs (C(OH)–C–C–N with tert-alkyl or cyclic N) is 1. The molecule has 1 aliphatic rings. The van der Waals surface area contributed by atoms with Crippen LogP contribution in [0.25, 0.3) is 0 Å². The highest BCUT2D eigenvalue weighted by Gasteiger charge is 2.34. The second-order valence-electron chi connectivity index (χ2n) is 6.22. The number of nitrogens with one attached hydrogen (secondary N) is 1. The Balaban J connectivity index is 1.69. The smallest absolute Gasteiger partial charge is 0.337 e. The largest absolute Gasteiger partial charge is 0.489 e. The van der Waals surface area contributed by atoms with Crippen molar-refractivity contribution in [1.82, 2.24) is 4.90 Å². The van der Waals surface area contributed by atoms with Crippen LogP contribution in [0.15, 0.2) is 65.9 Å². The first-order valence-electron chi connectivity index (χ1n) is 8.87. The molecule has 0 aromatic heterocycles. The molecule has 0 fully saturated rings. The van der Waals surface area contributed by atoms with E-state index in [0.717, 1.165) is 11.3 Å². The second kappa shape index (κ2) is 9.05. The molecule has 0 aliphatic carbocycles. The van der Waals surface area contributed by atoms with E-state index in [4.69, 9.17) is 14.6 Å². The number of methoxy groups -OCH3 is 1. The maximum Gasteiger partial charge on any atom is 0.337 e. The number of aliphatic hydroxyl groups excluding tert-OH is 1. The Bertz CT molecular complexity index is 862. The van der Waals surface area contributed by atoms with E-state index < -0.39 is 5.97 Å². The number of para-hydroxylation sites is 1. The highest BCUT2D eigenvalue weighted by atomic mass is 16.5. The molecule has 0 spiro atoms. The lowest BCUT2D eigenvalue weighted by atomic mass is 10.2. The van der Waals surface area contributed by atoms with Gasteiger partial charge in [-0.15, -0.1) is 0 Å². The molecule has 2 aromatic rings. The van der Waals surface area contributed by atoms with E-state index in [1.807, 2.05) is 54.6 Å². The number of hydrogen-bond acceptors (Lipinski definition) is 6. The van der Waals surface area contributed by atoms with Gasteiger partial charge in [0, 0.05) is 12.2 Å². The quantitative estimate of drug-likeness (QED) is 0.679. The zero-order valence-corrected chi connectivity index (χ0v) is 15.6. The summed E-state index contributed by atoms with van der Waals surface area (Å²) in [7, 11) is 1.27. The van der Waals surface area contributed by atoms with Crippen LogP contribution in [0.4, 0.5) is 5.69 Å². The minimum atomic E-state index is -0.566. The molecule has 1 heterocycles. The van der Waals surface area contributed by atoms with E-state index in [1.54, 1.807) is 0 Å². The molecule has 0 saturated heterocycles. The van der Waals surface area contributed by atoms with E-state index in [1.165, 1.54) is 12.0 Å². The third kappa shape index (κ3) is 4.50. The molecule has 2 N–H and O–H groups in total. The molecule has 0 saturated carbocycles. The Hall–Kier alpha value is -3.32. The molecule has 1 amide bonds. The van der Waals surface area contributed by atoms with Gasteiger partial charge in [-0.05, 0) is 29.8 Å². The number of carbonyl (C=O) groups is 2. The lowest BCUT2D eigenvalue weighted by Gasteiger charge is -2.15. The topological polar surface area (TPSA) is 88.1 Å². The van der Waals surface area contributed by atoms with Crippen LogP contribution in [0, 0.1) is 0 Å². The summed E-state index contributed by atoms with van der Waals surface area (Å²) in [5.74, 6) is -0.117. The van der Waals surface area contributed by atoms with Crippen molar-refractivity contribution in [3.63, 3.8) is 0 Å². The standard InChI is InChI=1S/C21H22N2O5/c1-27-21(26)18-13-23(11-12-24)20(25)19(18)22-16-9-7-15(8-10-16)14-28-17-5-3-2-4-6-17/h2-10,22,24H,11-14H2,1H3. The monoisotopic (exact) mass is 382 g/mol. The van der Waals surface area contributed by atoms with Crippen molar-refractivity contribution < 1.29 is 24.2 Å². The van der Waals surface area contributed by atoms with Crippen molar-refractivity contribution in [2.24, 2.45) is 0 Å². The highest BCUT2D eigenvalue weighted by Crippen LogP contribution is 2.23. The Morgan fingerprint density at radius 2 is 1.86 bits per heavy atom. The van der Waals surface area contributed by atoms with Gasteiger partial charge in [-0.1, -0.05) is 30.3 Å². The van der Waals surface area contributed by atoms with Gasteiger partial charge in [0.2, 0.25) is 0 Å². The molecular weight excluding hydrogens is 360 g/mol. The van der Waals surface area contributed by atoms with Crippen LogP contribution in [-0.2, 0) is 20.9 Å². The molecular formula is C21H22N2O5. The molecule has 7 nitrogen and oxygen atoms in total. The fourth-order valence-corrected chi connectivity index (χ4v) is 2.86. The minimum Gasteiger partial charge on any atom is -0.489 e. The van der Waals surface area contributed by atoms with Crippen molar-refractivity contribution >= 4 is 17.6 Å². The van der Waals surface area contributed by atoms with Crippen LogP contribution >= 0.6 is 0 Å². The van der Waals surface area contributed by atoms with E-state index in [2.05, 4.69) is 5.32 Å². The Kier molecular flexibility index (Phi) is 6.29. The number of ether oxygens (including phenoxy) is 2. The van der Waals surface area contributed by atoms with Gasteiger partial charge in [0.25, 0.3) is 5.91 Å². The third-order valence-electron chi connectivity index (χ3n) is 4.33. The van der Waals surface area contributed by atoms with Crippen LogP contribution in [0.1, 0.15) is 5.56 Å². The van der Waals surface area contributed by atoms with Crippen LogP contribution in [0.5, 0.6) is 5.75 Å². The van der Waals surface area contributed by atoms with Crippen molar-refractivity contribution in [3.8, 4) is 5.75 Å². The first-order valence-corrected chi connectivity index (χ1v) is 8.87. The molecule has 7 heteroatoms. The summed E-state index contributed by atoms with van der Waals surface area (Å²) in [5.41, 5.74) is 2.06. The minimum absolute atomic E-state index is 0.109. The molecule has 1 aliphatic heterocycles. The van der Waals surface area contributed by atoms with Crippen molar-refractivity contribution in [2.45, 2.75) is 6.61 Å². The number of esters is 1. The Morgan fingerprint density at radius 3 is 2.50 bits per heavy atom. The third-order valence-corrected chi connectivity index (χ3v) is 4.33. The van der Waals surface area contributed by atoms with Crippen molar-refractivity contribution in [3.05, 3.63) is 71.4 Å². The number of aliphatic hydroxyl groups is 1. The first kappa shape index (κ1) is 19.4. The van der Waals surface area contributed by atoms with Gasteiger partial charge in [-0.25, -0.2) is 4.79 Å². The number of rotatable bonds is 8. The van der Waals surface area contributed by atoms with Gasteiger partial charge >= 0.3 is 5.97 Å². The average molecular weight is 382 g/mol. The van der Waals surface area contributed by atoms with E-state index in [-0.39, 0.29) is 36.9 Å². The van der Waals surface area contributed by atoms with Crippen LogP contribution < -0.4 is 10.1 Å². The maximum atomic E-state index is 12.5. The summed E-state index contributed by atoms with van der Waals surface area (Å²) >= 11 is 0. The summed E-state index contributed by atoms with van der Waals surface area (Å²) in [5, 5.41) is 12.1. The average Bonchev–Trinajstić information content (AvgIpc) is 3.03. The van der Waals surface area contributed by atoms with Crippen LogP contribution in [-0.4, -0.2) is 48.7 Å². The summed E-state index contributed by atoms with van der Waals surface area (Å²) in [4.78, 5) is 25.9. The molecule has 3 rings (SSSR count). The van der Waals surface area contributed by atoms with Crippen molar-refractivity contribution in [1.29, 1.82) is 0 Å². The number of carbonyl (C=O) groups excluding carboxylic acids is 2. The predicted octanol–water partition coefficient (Wildman–Crippen LogP) is 1.94. The lowest BCUT2D eigenvalue weighted by Crippen LogP contribution is -2.31. The fourth-order valence-electron chi connectivity index (χ4n) is 2.86. The van der Waals surface area contributed by atoms with E-state index in [9.17, 15) is 9.59 Å². The first-order chi connectivity index (χ1) is 13.6. The molecule has 0 bridgehead atoms. The molecule has 2 aromatic carbocycles. The van der Waals surface area contributed by atoms with Gasteiger partial charge in [0.15, 0.2) is 0 Å². The van der Waals surface area contributed by atoms with Gasteiger partial charge < -0.3 is 24.8 Å². The number of anilines is 1. The summed E-state index contributed by atoms with van der Waals surface area (Å²) in [6, 6.07) is 16.9. The van der Waals surface area contributed by atoms with Crippen LogP contribution in [0.2, 0.25) is 0 Å². The highest BCUT2D eigenvalue weighted by molar-refractivity contribution is 6.08. The van der Waals surface area contributed by atoms with Crippen molar-refractivity contribution in [2.75, 3.05) is 32.1 Å². The van der Waals surface area contributed by atoms with Gasteiger partial charge in [0.1, 0.15) is 18.1 Å². The van der Waals surface area contributed by atoms with Crippen LogP contribution in [0.3, 0.4) is 0 Å². The van der Waals surface area contributed by atoms with E-state index in [0.29, 0.717) is 12.3 Å². The zero-order valence-electron chi connectivity index (χ0n) is 15.6. The van der Waals surface area contributed by atoms with E-state index >= 15 is 0 Å². The van der Waals surface area contributed by atoms with Gasteiger partial charge in [0.05, 0.1) is 25.8 Å². The summed E-state index contributed by atoms with van der Waals surface area (Å²) in [6.45, 7) is 0.505. The number of benzene rings is 2. The molecule has 0 radical (unpaired) electrons. The Labute approximate surface area is 163 Å².